The molecule has 9 nitrogen and oxygen atoms in total. The van der Waals surface area contributed by atoms with E-state index in [1.165, 1.54) is 12.3 Å². The minimum Gasteiger partial charge on any atom is -0.338 e. The Morgan fingerprint density at radius 1 is 1.16 bits per heavy atom. The molecular formula is C16H13N7O2. The molecule has 0 bridgehead atoms. The Bertz CT molecular complexity index is 1000. The quantitative estimate of drug-likeness (QED) is 0.444. The minimum absolute atomic E-state index is 0.0481. The van der Waals surface area contributed by atoms with E-state index < -0.39 is 4.92 Å². The lowest BCUT2D eigenvalue weighted by Gasteiger charge is -2.01. The number of imidazole rings is 1. The van der Waals surface area contributed by atoms with Crippen molar-refractivity contribution in [1.29, 1.82) is 0 Å². The molecule has 4 aromatic heterocycles. The molecule has 0 spiro atoms. The van der Waals surface area contributed by atoms with Crippen LogP contribution in [0.25, 0.3) is 5.65 Å². The number of nitrogens with zero attached hydrogens (tertiary/aromatic N) is 6. The predicted octanol–water partition coefficient (Wildman–Crippen LogP) is 2.63. The maximum atomic E-state index is 10.6. The Balaban J connectivity index is 1.47. The van der Waals surface area contributed by atoms with Crippen molar-refractivity contribution in [2.24, 2.45) is 0 Å². The molecule has 9 heteroatoms. The van der Waals surface area contributed by atoms with E-state index in [1.807, 2.05) is 41.2 Å². The third-order valence-corrected chi connectivity index (χ3v) is 3.60. The maximum Gasteiger partial charge on any atom is 0.287 e. The highest BCUT2D eigenvalue weighted by Gasteiger charge is 2.07. The molecule has 4 rings (SSSR count). The molecule has 124 valence electrons. The zero-order valence-corrected chi connectivity index (χ0v) is 13.0. The number of hydrogen-bond donors (Lipinski definition) is 1. The predicted molar refractivity (Wildman–Crippen MR) is 90.7 cm³/mol. The second kappa shape index (κ2) is 6.04. The van der Waals surface area contributed by atoms with Crippen LogP contribution in [0.15, 0.2) is 61.3 Å². The fourth-order valence-electron chi connectivity index (χ4n) is 2.46. The summed E-state index contributed by atoms with van der Waals surface area (Å²) in [6, 6.07) is 8.79. The number of nitro groups is 1. The zero-order valence-electron chi connectivity index (χ0n) is 13.0. The summed E-state index contributed by atoms with van der Waals surface area (Å²) >= 11 is 0. The van der Waals surface area contributed by atoms with Crippen LogP contribution in [0.3, 0.4) is 0 Å². The Kier molecular flexibility index (Phi) is 3.58. The molecular weight excluding hydrogens is 322 g/mol. The number of aromatic nitrogens is 5. The molecule has 0 saturated heterocycles. The molecule has 4 heterocycles. The van der Waals surface area contributed by atoms with Crippen LogP contribution in [-0.4, -0.2) is 29.1 Å². The van der Waals surface area contributed by atoms with E-state index >= 15 is 0 Å². The van der Waals surface area contributed by atoms with Crippen LogP contribution in [0, 0.1) is 10.1 Å². The Hall–Kier alpha value is -3.75. The van der Waals surface area contributed by atoms with E-state index in [4.69, 9.17) is 0 Å². The third-order valence-electron chi connectivity index (χ3n) is 3.60. The highest BCUT2D eigenvalue weighted by molar-refractivity contribution is 5.54. The van der Waals surface area contributed by atoms with E-state index in [1.54, 1.807) is 16.9 Å². The largest absolute Gasteiger partial charge is 0.338 e. The van der Waals surface area contributed by atoms with Crippen LogP contribution in [0.5, 0.6) is 0 Å². The second-order valence-corrected chi connectivity index (χ2v) is 5.41. The highest BCUT2D eigenvalue weighted by atomic mass is 16.6. The van der Waals surface area contributed by atoms with Gasteiger partial charge in [0.1, 0.15) is 17.7 Å². The van der Waals surface area contributed by atoms with Gasteiger partial charge in [-0.3, -0.25) is 14.8 Å². The Morgan fingerprint density at radius 3 is 2.84 bits per heavy atom. The highest BCUT2D eigenvalue weighted by Crippen LogP contribution is 2.17. The van der Waals surface area contributed by atoms with Crippen LogP contribution in [0.2, 0.25) is 0 Å². The summed E-state index contributed by atoms with van der Waals surface area (Å²) in [6.07, 6.45) is 8.61. The summed E-state index contributed by atoms with van der Waals surface area (Å²) in [5.41, 5.74) is 2.48. The molecule has 0 aromatic carbocycles. The Labute approximate surface area is 141 Å². The maximum absolute atomic E-state index is 10.6. The molecule has 25 heavy (non-hydrogen) atoms. The van der Waals surface area contributed by atoms with Crippen LogP contribution in [-0.2, 0) is 6.54 Å². The first-order valence-electron chi connectivity index (χ1n) is 7.50. The van der Waals surface area contributed by atoms with Gasteiger partial charge in [-0.2, -0.15) is 5.10 Å². The molecule has 0 amide bonds. The van der Waals surface area contributed by atoms with Gasteiger partial charge < -0.3 is 9.72 Å². The van der Waals surface area contributed by atoms with Crippen molar-refractivity contribution < 1.29 is 4.92 Å². The van der Waals surface area contributed by atoms with Gasteiger partial charge in [0.05, 0.1) is 29.0 Å². The van der Waals surface area contributed by atoms with Gasteiger partial charge >= 0.3 is 0 Å². The van der Waals surface area contributed by atoms with Crippen molar-refractivity contribution in [3.05, 3.63) is 77.1 Å². The number of nitrogens with one attached hydrogen (secondary N) is 1. The fourth-order valence-corrected chi connectivity index (χ4v) is 2.46. The molecule has 0 atom stereocenters. The number of anilines is 2. The van der Waals surface area contributed by atoms with Crippen LogP contribution in [0.1, 0.15) is 5.69 Å². The monoisotopic (exact) mass is 335 g/mol. The zero-order chi connectivity index (χ0) is 17.2. The third kappa shape index (κ3) is 3.15. The average molecular weight is 335 g/mol. The summed E-state index contributed by atoms with van der Waals surface area (Å²) in [6.45, 7) is 0.539. The smallest absolute Gasteiger partial charge is 0.287 e. The van der Waals surface area contributed by atoms with Gasteiger partial charge in [-0.1, -0.05) is 6.07 Å². The van der Waals surface area contributed by atoms with Gasteiger partial charge in [-0.15, -0.1) is 0 Å². The first kappa shape index (κ1) is 14.8. The normalized spacial score (nSPS) is 10.9. The number of rotatable bonds is 5. The fraction of sp³-hybridized carbons (Fsp3) is 0.0625. The summed E-state index contributed by atoms with van der Waals surface area (Å²) in [7, 11) is 0. The molecule has 0 aliphatic heterocycles. The molecule has 0 radical (unpaired) electrons. The van der Waals surface area contributed by atoms with Gasteiger partial charge in [0.15, 0.2) is 0 Å². The number of hydrogen-bond acceptors (Lipinski definition) is 6. The van der Waals surface area contributed by atoms with Crippen molar-refractivity contribution in [1.82, 2.24) is 24.1 Å². The van der Waals surface area contributed by atoms with E-state index in [0.717, 1.165) is 17.0 Å². The van der Waals surface area contributed by atoms with Crippen molar-refractivity contribution in [2.45, 2.75) is 6.54 Å². The van der Waals surface area contributed by atoms with Crippen molar-refractivity contribution in [3.63, 3.8) is 0 Å². The molecule has 0 fully saturated rings. The summed E-state index contributed by atoms with van der Waals surface area (Å²) in [5, 5.41) is 18.0. The average Bonchev–Trinajstić information content (AvgIpc) is 3.21. The molecule has 0 aliphatic carbocycles. The van der Waals surface area contributed by atoms with E-state index in [9.17, 15) is 10.1 Å². The summed E-state index contributed by atoms with van der Waals surface area (Å²) < 4.78 is 3.72. The SMILES string of the molecule is O=[N+]([O-])c1ccc(Nc2cnn(Cc3cn4ccccc4n3)c2)nc1. The topological polar surface area (TPSA) is 103 Å². The Morgan fingerprint density at radius 2 is 2.08 bits per heavy atom. The molecule has 0 aliphatic rings. The number of fused-ring (bicyclic) bond motifs is 1. The van der Waals surface area contributed by atoms with Crippen LogP contribution in [0.4, 0.5) is 17.2 Å². The number of pyridine rings is 2. The van der Waals surface area contributed by atoms with Gasteiger partial charge in [0.25, 0.3) is 5.69 Å². The first-order valence-corrected chi connectivity index (χ1v) is 7.50. The van der Waals surface area contributed by atoms with Gasteiger partial charge in [-0.25, -0.2) is 9.97 Å². The minimum atomic E-state index is -0.482. The van der Waals surface area contributed by atoms with Gasteiger partial charge in [0, 0.05) is 24.7 Å². The van der Waals surface area contributed by atoms with Crippen LogP contribution < -0.4 is 5.32 Å². The van der Waals surface area contributed by atoms with Crippen LogP contribution >= 0.6 is 0 Å². The molecule has 0 saturated carbocycles. The van der Waals surface area contributed by atoms with Crippen molar-refractivity contribution in [3.8, 4) is 0 Å². The second-order valence-electron chi connectivity index (χ2n) is 5.41. The summed E-state index contributed by atoms with van der Waals surface area (Å²) in [4.78, 5) is 18.7. The van der Waals surface area contributed by atoms with E-state index in [2.05, 4.69) is 20.4 Å². The van der Waals surface area contributed by atoms with Crippen molar-refractivity contribution in [2.75, 3.05) is 5.32 Å². The standard InChI is InChI=1S/C16H13N7O2/c24-23(25)14-4-5-15(17-8-14)19-12-7-18-22(10-12)11-13-9-21-6-2-1-3-16(21)20-13/h1-10H,11H2,(H,17,19). The lowest BCUT2D eigenvalue weighted by molar-refractivity contribution is -0.385. The molecule has 0 unspecified atom stereocenters. The van der Waals surface area contributed by atoms with Gasteiger partial charge in [-0.05, 0) is 18.2 Å². The lowest BCUT2D eigenvalue weighted by atomic mass is 10.4. The summed E-state index contributed by atoms with van der Waals surface area (Å²) in [5.74, 6) is 0.512. The van der Waals surface area contributed by atoms with E-state index in [-0.39, 0.29) is 5.69 Å². The van der Waals surface area contributed by atoms with Crippen molar-refractivity contribution >= 4 is 22.8 Å². The lowest BCUT2D eigenvalue weighted by Crippen LogP contribution is -2.00. The van der Waals surface area contributed by atoms with E-state index in [0.29, 0.717) is 12.4 Å². The van der Waals surface area contributed by atoms with Gasteiger partial charge in [0.2, 0.25) is 0 Å². The molecule has 4 aromatic rings. The molecule has 1 N–H and O–H groups in total. The first-order chi connectivity index (χ1) is 12.2.